The molecule has 1 rings (SSSR count). The first-order valence-electron chi connectivity index (χ1n) is 6.51. The van der Waals surface area contributed by atoms with Crippen LogP contribution in [-0.4, -0.2) is 6.18 Å². The third-order valence-electron chi connectivity index (χ3n) is 4.24. The maximum atomic E-state index is 13.0. The normalized spacial score (nSPS) is 21.6. The van der Waals surface area contributed by atoms with E-state index >= 15 is 0 Å². The number of halogens is 3. The van der Waals surface area contributed by atoms with Crippen LogP contribution < -0.4 is 0 Å². The molecule has 0 spiro atoms. The molecule has 1 saturated carbocycles. The van der Waals surface area contributed by atoms with Gasteiger partial charge >= 0.3 is 6.18 Å². The standard InChI is InChI=1S/C13H23F3/c1-3-4-5-6-8-11(2)12(9-7-10-12)13(14,15)16/h11H,3-10H2,1-2H3. The largest absolute Gasteiger partial charge is 0.394 e. The van der Waals surface area contributed by atoms with Gasteiger partial charge in [-0.25, -0.2) is 0 Å². The van der Waals surface area contributed by atoms with Gasteiger partial charge < -0.3 is 0 Å². The summed E-state index contributed by atoms with van der Waals surface area (Å²) in [5.74, 6) is -0.196. The Hall–Kier alpha value is -0.210. The molecule has 96 valence electrons. The molecule has 1 atom stereocenters. The van der Waals surface area contributed by atoms with Crippen LogP contribution in [0.3, 0.4) is 0 Å². The molecule has 0 aromatic carbocycles. The molecule has 0 nitrogen and oxygen atoms in total. The number of alkyl halides is 3. The van der Waals surface area contributed by atoms with Gasteiger partial charge in [-0.2, -0.15) is 13.2 Å². The van der Waals surface area contributed by atoms with Crippen molar-refractivity contribution in [3.05, 3.63) is 0 Å². The van der Waals surface area contributed by atoms with E-state index < -0.39 is 11.6 Å². The lowest BCUT2D eigenvalue weighted by atomic mass is 9.60. The quantitative estimate of drug-likeness (QED) is 0.547. The fraction of sp³-hybridized carbons (Fsp3) is 1.00. The lowest BCUT2D eigenvalue weighted by Gasteiger charge is -2.47. The number of hydrogen-bond acceptors (Lipinski definition) is 0. The highest BCUT2D eigenvalue weighted by atomic mass is 19.4. The summed E-state index contributed by atoms with van der Waals surface area (Å²) < 4.78 is 38.9. The van der Waals surface area contributed by atoms with E-state index in [0.717, 1.165) is 38.5 Å². The summed E-state index contributed by atoms with van der Waals surface area (Å²) in [7, 11) is 0. The molecule has 0 amide bonds. The van der Waals surface area contributed by atoms with E-state index in [2.05, 4.69) is 6.92 Å². The lowest BCUT2D eigenvalue weighted by Crippen LogP contribution is -2.48. The molecule has 0 saturated heterocycles. The van der Waals surface area contributed by atoms with Crippen molar-refractivity contribution in [2.24, 2.45) is 11.3 Å². The number of rotatable bonds is 6. The molecule has 0 aromatic rings. The van der Waals surface area contributed by atoms with Crippen molar-refractivity contribution in [1.82, 2.24) is 0 Å². The van der Waals surface area contributed by atoms with Crippen LogP contribution in [0.4, 0.5) is 13.2 Å². The predicted octanol–water partition coefficient (Wildman–Crippen LogP) is 5.33. The van der Waals surface area contributed by atoms with E-state index in [1.54, 1.807) is 6.92 Å². The second-order valence-corrected chi connectivity index (χ2v) is 5.26. The molecule has 16 heavy (non-hydrogen) atoms. The molecular formula is C13H23F3. The van der Waals surface area contributed by atoms with Crippen LogP contribution in [0.2, 0.25) is 0 Å². The second kappa shape index (κ2) is 5.42. The van der Waals surface area contributed by atoms with Crippen molar-refractivity contribution in [3.63, 3.8) is 0 Å². The highest BCUT2D eigenvalue weighted by Crippen LogP contribution is 2.58. The van der Waals surface area contributed by atoms with Crippen LogP contribution >= 0.6 is 0 Å². The monoisotopic (exact) mass is 236 g/mol. The first-order valence-corrected chi connectivity index (χ1v) is 6.51. The number of hydrogen-bond donors (Lipinski definition) is 0. The van der Waals surface area contributed by atoms with Crippen LogP contribution in [-0.2, 0) is 0 Å². The SMILES string of the molecule is CCCCCCC(C)C1(C(F)(F)F)CCC1. The average molecular weight is 236 g/mol. The van der Waals surface area contributed by atoms with E-state index in [1.165, 1.54) is 0 Å². The third kappa shape index (κ3) is 2.72. The molecule has 0 N–H and O–H groups in total. The van der Waals surface area contributed by atoms with Gasteiger partial charge in [-0.15, -0.1) is 0 Å². The molecule has 1 unspecified atom stereocenters. The van der Waals surface area contributed by atoms with Crippen molar-refractivity contribution >= 4 is 0 Å². The molecule has 0 aliphatic heterocycles. The summed E-state index contributed by atoms with van der Waals surface area (Å²) in [6, 6.07) is 0. The summed E-state index contributed by atoms with van der Waals surface area (Å²) in [4.78, 5) is 0. The second-order valence-electron chi connectivity index (χ2n) is 5.26. The van der Waals surface area contributed by atoms with Crippen molar-refractivity contribution in [1.29, 1.82) is 0 Å². The fourth-order valence-electron chi connectivity index (χ4n) is 2.77. The van der Waals surface area contributed by atoms with Gasteiger partial charge in [-0.3, -0.25) is 0 Å². The highest BCUT2D eigenvalue weighted by molar-refractivity contribution is 4.97. The van der Waals surface area contributed by atoms with Gasteiger partial charge in [-0.1, -0.05) is 46.0 Å². The Morgan fingerprint density at radius 1 is 1.12 bits per heavy atom. The Bertz CT molecular complexity index is 204. The minimum absolute atomic E-state index is 0.196. The van der Waals surface area contributed by atoms with Crippen molar-refractivity contribution < 1.29 is 13.2 Å². The minimum atomic E-state index is -3.99. The molecule has 0 radical (unpaired) electrons. The Morgan fingerprint density at radius 2 is 1.75 bits per heavy atom. The molecule has 0 bridgehead atoms. The minimum Gasteiger partial charge on any atom is -0.170 e. The van der Waals surface area contributed by atoms with Gasteiger partial charge in [0.1, 0.15) is 0 Å². The van der Waals surface area contributed by atoms with Crippen molar-refractivity contribution in [2.75, 3.05) is 0 Å². The zero-order chi connectivity index (χ0) is 12.2. The first-order chi connectivity index (χ1) is 7.44. The van der Waals surface area contributed by atoms with Gasteiger partial charge in [0.05, 0.1) is 5.41 Å². The Labute approximate surface area is 96.6 Å². The smallest absolute Gasteiger partial charge is 0.170 e. The molecule has 1 aliphatic rings. The van der Waals surface area contributed by atoms with E-state index in [0.29, 0.717) is 12.8 Å². The van der Waals surface area contributed by atoms with E-state index in [-0.39, 0.29) is 5.92 Å². The zero-order valence-electron chi connectivity index (χ0n) is 10.4. The Kier molecular flexibility index (Phi) is 4.69. The highest BCUT2D eigenvalue weighted by Gasteiger charge is 2.60. The maximum absolute atomic E-state index is 13.0. The van der Waals surface area contributed by atoms with Crippen LogP contribution in [0.25, 0.3) is 0 Å². The van der Waals surface area contributed by atoms with Crippen molar-refractivity contribution in [3.8, 4) is 0 Å². The zero-order valence-corrected chi connectivity index (χ0v) is 10.4. The molecule has 1 fully saturated rings. The first kappa shape index (κ1) is 13.9. The summed E-state index contributed by atoms with van der Waals surface area (Å²) in [5, 5.41) is 0. The summed E-state index contributed by atoms with van der Waals surface area (Å²) in [5.41, 5.74) is -1.33. The Morgan fingerprint density at radius 3 is 2.12 bits per heavy atom. The van der Waals surface area contributed by atoms with E-state index in [1.807, 2.05) is 0 Å². The van der Waals surface area contributed by atoms with Crippen molar-refractivity contribution in [2.45, 2.75) is 71.4 Å². The van der Waals surface area contributed by atoms with Gasteiger partial charge in [-0.05, 0) is 25.2 Å². The third-order valence-corrected chi connectivity index (χ3v) is 4.24. The fourth-order valence-corrected chi connectivity index (χ4v) is 2.77. The van der Waals surface area contributed by atoms with Crippen LogP contribution in [0.15, 0.2) is 0 Å². The molecule has 3 heteroatoms. The predicted molar refractivity (Wildman–Crippen MR) is 60.3 cm³/mol. The average Bonchev–Trinajstić information content (AvgIpc) is 2.08. The van der Waals surface area contributed by atoms with Crippen LogP contribution in [0.5, 0.6) is 0 Å². The number of unbranched alkanes of at least 4 members (excludes halogenated alkanes) is 3. The summed E-state index contributed by atoms with van der Waals surface area (Å²) in [6.45, 7) is 3.91. The summed E-state index contributed by atoms with van der Waals surface area (Å²) in [6.07, 6.45) is 2.51. The van der Waals surface area contributed by atoms with Gasteiger partial charge in [0.25, 0.3) is 0 Å². The maximum Gasteiger partial charge on any atom is 0.394 e. The summed E-state index contributed by atoms with van der Waals surface area (Å²) >= 11 is 0. The molecular weight excluding hydrogens is 213 g/mol. The topological polar surface area (TPSA) is 0 Å². The van der Waals surface area contributed by atoms with E-state index in [9.17, 15) is 13.2 Å². The Balaban J connectivity index is 2.41. The molecule has 0 aromatic heterocycles. The van der Waals surface area contributed by atoms with Crippen LogP contribution in [0.1, 0.15) is 65.2 Å². The lowest BCUT2D eigenvalue weighted by molar-refractivity contribution is -0.270. The van der Waals surface area contributed by atoms with Gasteiger partial charge in [0.15, 0.2) is 0 Å². The van der Waals surface area contributed by atoms with Gasteiger partial charge in [0.2, 0.25) is 0 Å². The van der Waals surface area contributed by atoms with Gasteiger partial charge in [0, 0.05) is 0 Å². The molecule has 1 aliphatic carbocycles. The van der Waals surface area contributed by atoms with Crippen LogP contribution in [0, 0.1) is 11.3 Å². The van der Waals surface area contributed by atoms with E-state index in [4.69, 9.17) is 0 Å². The molecule has 0 heterocycles.